The highest BCUT2D eigenvalue weighted by atomic mass is 16.6. The molecule has 336 valence electrons. The molecule has 4 fully saturated rings. The monoisotopic (exact) mass is 808 g/mol. The molecule has 5 rings (SSSR count). The van der Waals surface area contributed by atoms with E-state index in [-0.39, 0.29) is 6.10 Å². The lowest BCUT2D eigenvalue weighted by atomic mass is 9.47. The van der Waals surface area contributed by atoms with Crippen molar-refractivity contribution in [3.05, 3.63) is 23.8 Å². The highest BCUT2D eigenvalue weighted by Gasteiger charge is 2.58. The van der Waals surface area contributed by atoms with Gasteiger partial charge in [0.05, 0.1) is 32.0 Å². The van der Waals surface area contributed by atoms with Crippen molar-refractivity contribution in [2.24, 2.45) is 40.4 Å². The third kappa shape index (κ3) is 14.7. The molecular weight excluding hydrogens is 711 g/mol. The van der Waals surface area contributed by atoms with Crippen LogP contribution >= 0.6 is 0 Å². The molecule has 3 saturated carbocycles. The summed E-state index contributed by atoms with van der Waals surface area (Å²) >= 11 is 0. The standard InChI is InChI=1S/C54H97NO3/c1-7-8-9-10-11-12-13-14-15-16-17-18-19-20-21-24-38-56-43-49(42-55-37-25-27-45(55)4)58-40-39-57-48-33-35-54(6)47(41-48)29-31-50-51-32-30-46(28-23-22-26-44(2)3)53(51,5)36-34-52(50)54/h14-15,29,44-46,48-52H,7-13,16-28,30-43H2,1-6H3/t45?,46-,48-,49?,50-,51-,52-,53+,54-/m0/s1. The second kappa shape index (κ2) is 26.1. The van der Waals surface area contributed by atoms with Crippen molar-refractivity contribution in [2.45, 2.75) is 240 Å². The van der Waals surface area contributed by atoms with Crippen LogP contribution in [0.5, 0.6) is 0 Å². The van der Waals surface area contributed by atoms with E-state index in [4.69, 9.17) is 14.2 Å². The van der Waals surface area contributed by atoms with E-state index in [2.05, 4.69) is 64.7 Å². The van der Waals surface area contributed by atoms with Crippen molar-refractivity contribution in [1.82, 2.24) is 4.90 Å². The maximum atomic E-state index is 6.63. The molecule has 4 heteroatoms. The van der Waals surface area contributed by atoms with E-state index in [1.807, 2.05) is 0 Å². The molecule has 0 radical (unpaired) electrons. The van der Waals surface area contributed by atoms with Crippen molar-refractivity contribution in [2.75, 3.05) is 39.5 Å². The minimum atomic E-state index is 0.137. The SMILES string of the molecule is CCCCCCCCC=CCCCCCCCCOCC(CN1CCCC1C)OCCO[C@H]1CC[C@@]2(C)C(=CC[C@H]3[C@@H]4CC[C@H](CCCCC(C)C)[C@@]4(C)CC[C@@H]32)C1. The van der Waals surface area contributed by atoms with Crippen LogP contribution in [0.4, 0.5) is 0 Å². The number of unbranched alkanes of at least 4 members (excludes halogenated alkanes) is 13. The summed E-state index contributed by atoms with van der Waals surface area (Å²) in [6.07, 6.45) is 46.2. The Bertz CT molecular complexity index is 1160. The van der Waals surface area contributed by atoms with Crippen LogP contribution in [0.15, 0.2) is 23.8 Å². The van der Waals surface area contributed by atoms with E-state index in [0.29, 0.717) is 42.8 Å². The Hall–Kier alpha value is -0.680. The van der Waals surface area contributed by atoms with Gasteiger partial charge in [-0.3, -0.25) is 4.90 Å². The van der Waals surface area contributed by atoms with Crippen molar-refractivity contribution in [3.63, 3.8) is 0 Å². The molecule has 4 nitrogen and oxygen atoms in total. The van der Waals surface area contributed by atoms with E-state index in [0.717, 1.165) is 49.2 Å². The number of likely N-dealkylation sites (tertiary alicyclic amines) is 1. The average Bonchev–Trinajstić information content (AvgIpc) is 3.78. The van der Waals surface area contributed by atoms with Gasteiger partial charge in [-0.2, -0.15) is 0 Å². The fourth-order valence-corrected chi connectivity index (χ4v) is 13.1. The molecule has 9 atom stereocenters. The summed E-state index contributed by atoms with van der Waals surface area (Å²) in [7, 11) is 0. The molecule has 0 bridgehead atoms. The van der Waals surface area contributed by atoms with Crippen molar-refractivity contribution in [1.29, 1.82) is 0 Å². The summed E-state index contributed by atoms with van der Waals surface area (Å²) in [6.45, 7) is 20.0. The first kappa shape index (κ1) is 48.4. The lowest BCUT2D eigenvalue weighted by Crippen LogP contribution is -2.50. The quantitative estimate of drug-likeness (QED) is 0.0534. The van der Waals surface area contributed by atoms with E-state index < -0.39 is 0 Å². The third-order valence-electron chi connectivity index (χ3n) is 16.9. The second-order valence-electron chi connectivity index (χ2n) is 21.5. The number of ether oxygens (including phenoxy) is 3. The normalized spacial score (nSPS) is 31.8. The minimum Gasteiger partial charge on any atom is -0.379 e. The van der Waals surface area contributed by atoms with Gasteiger partial charge in [-0.1, -0.05) is 135 Å². The van der Waals surface area contributed by atoms with Gasteiger partial charge in [-0.25, -0.2) is 0 Å². The Kier molecular flexibility index (Phi) is 21.7. The van der Waals surface area contributed by atoms with Gasteiger partial charge in [0, 0.05) is 19.2 Å². The molecule has 58 heavy (non-hydrogen) atoms. The third-order valence-corrected chi connectivity index (χ3v) is 16.9. The summed E-state index contributed by atoms with van der Waals surface area (Å²) in [5, 5.41) is 0. The summed E-state index contributed by atoms with van der Waals surface area (Å²) in [4.78, 5) is 2.62. The van der Waals surface area contributed by atoms with Crippen molar-refractivity contribution < 1.29 is 14.2 Å². The molecule has 1 aliphatic heterocycles. The largest absolute Gasteiger partial charge is 0.379 e. The molecule has 0 aromatic rings. The van der Waals surface area contributed by atoms with Crippen LogP contribution in [0.1, 0.15) is 221 Å². The van der Waals surface area contributed by atoms with Gasteiger partial charge in [0.25, 0.3) is 0 Å². The van der Waals surface area contributed by atoms with Crippen molar-refractivity contribution in [3.8, 4) is 0 Å². The average molecular weight is 808 g/mol. The Morgan fingerprint density at radius 2 is 1.52 bits per heavy atom. The maximum Gasteiger partial charge on any atom is 0.0936 e. The molecule has 0 amide bonds. The van der Waals surface area contributed by atoms with Crippen LogP contribution < -0.4 is 0 Å². The first-order valence-corrected chi connectivity index (χ1v) is 26.1. The summed E-state index contributed by atoms with van der Waals surface area (Å²) < 4.78 is 19.5. The van der Waals surface area contributed by atoms with Gasteiger partial charge in [0.15, 0.2) is 0 Å². The van der Waals surface area contributed by atoms with Gasteiger partial charge < -0.3 is 14.2 Å². The summed E-state index contributed by atoms with van der Waals surface area (Å²) in [6, 6.07) is 0.658. The molecule has 1 saturated heterocycles. The zero-order valence-electron chi connectivity index (χ0n) is 39.6. The Balaban J connectivity index is 0.947. The highest BCUT2D eigenvalue weighted by molar-refractivity contribution is 5.25. The predicted molar refractivity (Wildman–Crippen MR) is 249 cm³/mol. The lowest BCUT2D eigenvalue weighted by Gasteiger charge is -2.58. The zero-order valence-corrected chi connectivity index (χ0v) is 39.6. The minimum absolute atomic E-state index is 0.137. The Labute approximate surface area is 361 Å². The van der Waals surface area contributed by atoms with Crippen LogP contribution in [0.3, 0.4) is 0 Å². The van der Waals surface area contributed by atoms with E-state index in [1.54, 1.807) is 5.57 Å². The molecule has 2 unspecified atom stereocenters. The molecule has 1 heterocycles. The van der Waals surface area contributed by atoms with E-state index >= 15 is 0 Å². The summed E-state index contributed by atoms with van der Waals surface area (Å²) in [5.41, 5.74) is 2.74. The number of rotatable bonds is 30. The fourth-order valence-electron chi connectivity index (χ4n) is 13.1. The zero-order chi connectivity index (χ0) is 41.1. The molecule has 0 N–H and O–H groups in total. The Morgan fingerprint density at radius 1 is 0.776 bits per heavy atom. The van der Waals surface area contributed by atoms with Crippen LogP contribution in [0.2, 0.25) is 0 Å². The molecular formula is C54H97NO3. The molecule has 0 aromatic heterocycles. The number of allylic oxidation sites excluding steroid dienone is 3. The van der Waals surface area contributed by atoms with E-state index in [9.17, 15) is 0 Å². The number of hydrogen-bond donors (Lipinski definition) is 0. The molecule has 0 spiro atoms. The highest BCUT2D eigenvalue weighted by Crippen LogP contribution is 2.66. The summed E-state index contributed by atoms with van der Waals surface area (Å²) in [5.74, 6) is 4.59. The van der Waals surface area contributed by atoms with Crippen LogP contribution in [0, 0.1) is 40.4 Å². The smallest absolute Gasteiger partial charge is 0.0936 e. The molecule has 5 aliphatic rings. The van der Waals surface area contributed by atoms with Crippen LogP contribution in [-0.2, 0) is 14.2 Å². The second-order valence-corrected chi connectivity index (χ2v) is 21.5. The van der Waals surface area contributed by atoms with Gasteiger partial charge >= 0.3 is 0 Å². The van der Waals surface area contributed by atoms with Crippen molar-refractivity contribution >= 4 is 0 Å². The number of fused-ring (bicyclic) bond motifs is 5. The van der Waals surface area contributed by atoms with Crippen LogP contribution in [0.25, 0.3) is 0 Å². The van der Waals surface area contributed by atoms with Gasteiger partial charge in [-0.05, 0) is 157 Å². The number of hydrogen-bond acceptors (Lipinski definition) is 4. The predicted octanol–water partition coefficient (Wildman–Crippen LogP) is 15.1. The molecule has 4 aliphatic carbocycles. The topological polar surface area (TPSA) is 30.9 Å². The first-order valence-electron chi connectivity index (χ1n) is 26.1. The number of nitrogens with zero attached hydrogens (tertiary/aromatic N) is 1. The fraction of sp³-hybridized carbons (Fsp3) is 0.926. The molecule has 0 aromatic carbocycles. The van der Waals surface area contributed by atoms with Crippen LogP contribution in [-0.4, -0.2) is 62.7 Å². The maximum absolute atomic E-state index is 6.63. The first-order chi connectivity index (χ1) is 28.2. The van der Waals surface area contributed by atoms with E-state index in [1.165, 1.54) is 180 Å². The Morgan fingerprint density at radius 3 is 2.24 bits per heavy atom. The van der Waals surface area contributed by atoms with Gasteiger partial charge in [0.1, 0.15) is 0 Å². The lowest BCUT2D eigenvalue weighted by molar-refractivity contribution is -0.0784. The van der Waals surface area contributed by atoms with Gasteiger partial charge in [-0.15, -0.1) is 0 Å². The van der Waals surface area contributed by atoms with Gasteiger partial charge in [0.2, 0.25) is 0 Å².